The van der Waals surface area contributed by atoms with E-state index in [2.05, 4.69) is 34.9 Å². The van der Waals surface area contributed by atoms with Gasteiger partial charge in [0.05, 0.1) is 14.2 Å². The lowest BCUT2D eigenvalue weighted by molar-refractivity contribution is 0.245. The maximum absolute atomic E-state index is 6.17. The van der Waals surface area contributed by atoms with Crippen molar-refractivity contribution in [2.24, 2.45) is 0 Å². The van der Waals surface area contributed by atoms with Gasteiger partial charge in [0.1, 0.15) is 11.5 Å². The molecule has 1 aliphatic rings. The molecule has 2 aromatic rings. The van der Waals surface area contributed by atoms with Crippen molar-refractivity contribution in [2.75, 3.05) is 45.3 Å². The minimum atomic E-state index is 0.796. The lowest BCUT2D eigenvalue weighted by Gasteiger charge is -2.37. The second-order valence-corrected chi connectivity index (χ2v) is 6.81. The Morgan fingerprint density at radius 1 is 0.960 bits per heavy atom. The first-order chi connectivity index (χ1) is 12.1. The van der Waals surface area contributed by atoms with Crippen molar-refractivity contribution in [3.63, 3.8) is 0 Å². The van der Waals surface area contributed by atoms with E-state index in [-0.39, 0.29) is 0 Å². The van der Waals surface area contributed by atoms with Crippen LogP contribution in [-0.2, 0) is 6.54 Å². The van der Waals surface area contributed by atoms with E-state index >= 15 is 0 Å². The van der Waals surface area contributed by atoms with Crippen molar-refractivity contribution < 1.29 is 9.47 Å². The van der Waals surface area contributed by atoms with Crippen molar-refractivity contribution in [3.05, 3.63) is 52.5 Å². The summed E-state index contributed by atoms with van der Waals surface area (Å²) in [5.41, 5.74) is 3.67. The average Bonchev–Trinajstić information content (AvgIpc) is 2.64. The predicted molar refractivity (Wildman–Crippen MR) is 103 cm³/mol. The van der Waals surface area contributed by atoms with Gasteiger partial charge in [0.25, 0.3) is 0 Å². The summed E-state index contributed by atoms with van der Waals surface area (Å²) in [6.07, 6.45) is 0. The molecular weight excluding hydrogens is 336 g/mol. The summed E-state index contributed by atoms with van der Waals surface area (Å²) in [4.78, 5) is 4.87. The number of halogens is 1. The van der Waals surface area contributed by atoms with Crippen LogP contribution in [0.15, 0.2) is 36.4 Å². The number of rotatable bonds is 5. The Morgan fingerprint density at radius 3 is 2.40 bits per heavy atom. The van der Waals surface area contributed by atoms with Crippen LogP contribution in [0.4, 0.5) is 5.69 Å². The van der Waals surface area contributed by atoms with E-state index < -0.39 is 0 Å². The molecule has 0 atom stereocenters. The zero-order valence-corrected chi connectivity index (χ0v) is 15.8. The molecule has 0 N–H and O–H groups in total. The Bertz CT molecular complexity index is 728. The van der Waals surface area contributed by atoms with E-state index in [1.807, 2.05) is 18.2 Å². The molecule has 1 aliphatic heterocycles. The van der Waals surface area contributed by atoms with Crippen LogP contribution in [0, 0.1) is 6.92 Å². The Morgan fingerprint density at radius 2 is 1.72 bits per heavy atom. The number of hydrogen-bond acceptors (Lipinski definition) is 4. The number of nitrogens with zero attached hydrogens (tertiary/aromatic N) is 2. The summed E-state index contributed by atoms with van der Waals surface area (Å²) in [6, 6.07) is 12.1. The predicted octanol–water partition coefficient (Wildman–Crippen LogP) is 3.99. The van der Waals surface area contributed by atoms with Gasteiger partial charge in [-0.3, -0.25) is 4.90 Å². The molecule has 3 rings (SSSR count). The standard InChI is InChI=1S/C20H25ClN2O2/c1-15-4-5-17(21)13-19(15)23-10-8-22(9-11-23)14-16-12-18(24-2)6-7-20(16)25-3/h4-7,12-13H,8-11,14H2,1-3H3. The number of anilines is 1. The molecule has 0 saturated carbocycles. The third-order valence-corrected chi connectivity index (χ3v) is 5.00. The van der Waals surface area contributed by atoms with Crippen LogP contribution in [-0.4, -0.2) is 45.3 Å². The third-order valence-electron chi connectivity index (χ3n) is 4.77. The van der Waals surface area contributed by atoms with Gasteiger partial charge in [0, 0.05) is 49.0 Å². The molecule has 25 heavy (non-hydrogen) atoms. The minimum Gasteiger partial charge on any atom is -0.497 e. The van der Waals surface area contributed by atoms with Crippen LogP contribution in [0.2, 0.25) is 5.02 Å². The Hall–Kier alpha value is -1.91. The van der Waals surface area contributed by atoms with Gasteiger partial charge in [-0.15, -0.1) is 0 Å². The van der Waals surface area contributed by atoms with Crippen molar-refractivity contribution >= 4 is 17.3 Å². The van der Waals surface area contributed by atoms with E-state index in [1.54, 1.807) is 14.2 Å². The van der Waals surface area contributed by atoms with E-state index in [0.717, 1.165) is 54.8 Å². The van der Waals surface area contributed by atoms with Gasteiger partial charge in [-0.2, -0.15) is 0 Å². The average molecular weight is 361 g/mol. The van der Waals surface area contributed by atoms with Crippen LogP contribution >= 0.6 is 11.6 Å². The Labute approximate surface area is 154 Å². The summed E-state index contributed by atoms with van der Waals surface area (Å²) < 4.78 is 10.8. The molecule has 1 saturated heterocycles. The van der Waals surface area contributed by atoms with Crippen LogP contribution in [0.5, 0.6) is 11.5 Å². The monoisotopic (exact) mass is 360 g/mol. The normalized spacial score (nSPS) is 15.3. The molecule has 134 valence electrons. The van der Waals surface area contributed by atoms with E-state index in [4.69, 9.17) is 21.1 Å². The maximum Gasteiger partial charge on any atom is 0.123 e. The molecule has 0 aliphatic carbocycles. The summed E-state index contributed by atoms with van der Waals surface area (Å²) in [5, 5.41) is 0.796. The molecule has 0 bridgehead atoms. The molecule has 0 radical (unpaired) electrons. The van der Waals surface area contributed by atoms with Gasteiger partial charge < -0.3 is 14.4 Å². The zero-order chi connectivity index (χ0) is 17.8. The van der Waals surface area contributed by atoms with E-state index in [1.165, 1.54) is 11.3 Å². The summed E-state index contributed by atoms with van der Waals surface area (Å²) >= 11 is 6.17. The molecule has 0 aromatic heterocycles. The minimum absolute atomic E-state index is 0.796. The lowest BCUT2D eigenvalue weighted by atomic mass is 10.1. The van der Waals surface area contributed by atoms with Crippen molar-refractivity contribution in [2.45, 2.75) is 13.5 Å². The summed E-state index contributed by atoms with van der Waals surface area (Å²) in [7, 11) is 3.41. The Balaban J connectivity index is 1.66. The lowest BCUT2D eigenvalue weighted by Crippen LogP contribution is -2.46. The first-order valence-electron chi connectivity index (χ1n) is 8.55. The molecule has 0 spiro atoms. The Kier molecular flexibility index (Phi) is 5.71. The second kappa shape index (κ2) is 7.98. The first kappa shape index (κ1) is 17.9. The second-order valence-electron chi connectivity index (χ2n) is 6.37. The fourth-order valence-electron chi connectivity index (χ4n) is 3.32. The zero-order valence-electron chi connectivity index (χ0n) is 15.1. The van der Waals surface area contributed by atoms with Gasteiger partial charge in [0.2, 0.25) is 0 Å². The highest BCUT2D eigenvalue weighted by molar-refractivity contribution is 6.30. The quantitative estimate of drug-likeness (QED) is 0.805. The molecule has 5 heteroatoms. The molecule has 0 unspecified atom stereocenters. The number of methoxy groups -OCH3 is 2. The van der Waals surface area contributed by atoms with Crippen LogP contribution in [0.25, 0.3) is 0 Å². The van der Waals surface area contributed by atoms with Crippen molar-refractivity contribution in [1.29, 1.82) is 0 Å². The van der Waals surface area contributed by atoms with Gasteiger partial charge in [0.15, 0.2) is 0 Å². The number of hydrogen-bond donors (Lipinski definition) is 0. The fourth-order valence-corrected chi connectivity index (χ4v) is 3.48. The smallest absolute Gasteiger partial charge is 0.123 e. The van der Waals surface area contributed by atoms with Gasteiger partial charge >= 0.3 is 0 Å². The number of benzene rings is 2. The van der Waals surface area contributed by atoms with Gasteiger partial charge in [-0.1, -0.05) is 17.7 Å². The molecule has 0 amide bonds. The maximum atomic E-state index is 6.17. The van der Waals surface area contributed by atoms with E-state index in [0.29, 0.717) is 0 Å². The fraction of sp³-hybridized carbons (Fsp3) is 0.400. The first-order valence-corrected chi connectivity index (χ1v) is 8.93. The number of ether oxygens (including phenoxy) is 2. The van der Waals surface area contributed by atoms with Crippen LogP contribution in [0.1, 0.15) is 11.1 Å². The van der Waals surface area contributed by atoms with Crippen molar-refractivity contribution in [1.82, 2.24) is 4.90 Å². The summed E-state index contributed by atoms with van der Waals surface area (Å²) in [5.74, 6) is 1.78. The highest BCUT2D eigenvalue weighted by Gasteiger charge is 2.20. The third kappa shape index (κ3) is 4.20. The molecular formula is C20H25ClN2O2. The highest BCUT2D eigenvalue weighted by Crippen LogP contribution is 2.28. The van der Waals surface area contributed by atoms with Crippen LogP contribution in [0.3, 0.4) is 0 Å². The largest absolute Gasteiger partial charge is 0.497 e. The number of aryl methyl sites for hydroxylation is 1. The molecule has 1 fully saturated rings. The SMILES string of the molecule is COc1ccc(OC)c(CN2CCN(c3cc(Cl)ccc3C)CC2)c1. The van der Waals surface area contributed by atoms with Crippen molar-refractivity contribution in [3.8, 4) is 11.5 Å². The van der Waals surface area contributed by atoms with E-state index in [9.17, 15) is 0 Å². The van der Waals surface area contributed by atoms with Gasteiger partial charge in [-0.25, -0.2) is 0 Å². The molecule has 2 aromatic carbocycles. The molecule has 1 heterocycles. The highest BCUT2D eigenvalue weighted by atomic mass is 35.5. The van der Waals surface area contributed by atoms with Gasteiger partial charge in [-0.05, 0) is 42.8 Å². The molecule has 4 nitrogen and oxygen atoms in total. The topological polar surface area (TPSA) is 24.9 Å². The summed E-state index contributed by atoms with van der Waals surface area (Å²) in [6.45, 7) is 7.00. The number of piperazine rings is 1. The van der Waals surface area contributed by atoms with Crippen LogP contribution < -0.4 is 14.4 Å².